The molecule has 2 aromatic heterocycles. The SMILES string of the molecule is Cc1nc(Cl)c(C=O)c(Nc2ccc3ncsc3c2)n1. The molecule has 0 radical (unpaired) electrons. The molecule has 100 valence electrons. The lowest BCUT2D eigenvalue weighted by molar-refractivity contribution is 0.112. The molecule has 20 heavy (non-hydrogen) atoms. The first-order valence-corrected chi connectivity index (χ1v) is 7.03. The molecule has 0 spiro atoms. The lowest BCUT2D eigenvalue weighted by Crippen LogP contribution is -2.03. The molecule has 0 saturated carbocycles. The molecule has 1 N–H and O–H groups in total. The molecular weight excluding hydrogens is 296 g/mol. The first kappa shape index (κ1) is 13.0. The van der Waals surface area contributed by atoms with Gasteiger partial charge in [-0.25, -0.2) is 15.0 Å². The Morgan fingerprint density at radius 2 is 2.20 bits per heavy atom. The van der Waals surface area contributed by atoms with Crippen LogP contribution in [0.3, 0.4) is 0 Å². The molecule has 0 amide bonds. The van der Waals surface area contributed by atoms with Gasteiger partial charge in [0.25, 0.3) is 0 Å². The van der Waals surface area contributed by atoms with Crippen molar-refractivity contribution in [3.8, 4) is 0 Å². The Morgan fingerprint density at radius 3 is 3.00 bits per heavy atom. The average molecular weight is 305 g/mol. The van der Waals surface area contributed by atoms with Crippen molar-refractivity contribution in [2.45, 2.75) is 6.92 Å². The standard InChI is InChI=1S/C13H9ClN4OS/c1-7-16-12(14)9(5-19)13(17-7)18-8-2-3-10-11(4-8)20-6-15-10/h2-6H,1H3,(H,16,17,18). The lowest BCUT2D eigenvalue weighted by atomic mass is 10.2. The number of hydrogen-bond donors (Lipinski definition) is 1. The first-order valence-electron chi connectivity index (χ1n) is 5.77. The topological polar surface area (TPSA) is 67.8 Å². The fraction of sp³-hybridized carbons (Fsp3) is 0.0769. The number of thiazole rings is 1. The van der Waals surface area contributed by atoms with E-state index in [9.17, 15) is 4.79 Å². The third kappa shape index (κ3) is 2.35. The van der Waals surface area contributed by atoms with Gasteiger partial charge in [0.1, 0.15) is 16.8 Å². The number of aromatic nitrogens is 3. The highest BCUT2D eigenvalue weighted by molar-refractivity contribution is 7.16. The minimum absolute atomic E-state index is 0.147. The van der Waals surface area contributed by atoms with Crippen LogP contribution in [0.4, 0.5) is 11.5 Å². The van der Waals surface area contributed by atoms with Crippen LogP contribution in [-0.2, 0) is 0 Å². The molecule has 0 bridgehead atoms. The summed E-state index contributed by atoms with van der Waals surface area (Å²) in [6.07, 6.45) is 0.648. The molecule has 1 aromatic carbocycles. The molecule has 0 aliphatic rings. The van der Waals surface area contributed by atoms with E-state index in [1.807, 2.05) is 18.2 Å². The Hall–Kier alpha value is -2.05. The van der Waals surface area contributed by atoms with Gasteiger partial charge in [-0.3, -0.25) is 4.79 Å². The predicted octanol–water partition coefficient (Wildman–Crippen LogP) is 3.60. The second kappa shape index (κ2) is 5.15. The summed E-state index contributed by atoms with van der Waals surface area (Å²) < 4.78 is 1.06. The van der Waals surface area contributed by atoms with Crippen molar-refractivity contribution in [3.63, 3.8) is 0 Å². The lowest BCUT2D eigenvalue weighted by Gasteiger charge is -2.09. The summed E-state index contributed by atoms with van der Waals surface area (Å²) >= 11 is 7.50. The van der Waals surface area contributed by atoms with Crippen LogP contribution in [0.25, 0.3) is 10.2 Å². The highest BCUT2D eigenvalue weighted by Crippen LogP contribution is 2.26. The van der Waals surface area contributed by atoms with Crippen LogP contribution in [0.15, 0.2) is 23.7 Å². The van der Waals surface area contributed by atoms with Crippen molar-refractivity contribution in [2.75, 3.05) is 5.32 Å². The molecule has 5 nitrogen and oxygen atoms in total. The number of aldehydes is 1. The minimum Gasteiger partial charge on any atom is -0.339 e. The van der Waals surface area contributed by atoms with E-state index in [0.717, 1.165) is 15.9 Å². The Morgan fingerprint density at radius 1 is 1.35 bits per heavy atom. The number of nitrogens with one attached hydrogen (secondary N) is 1. The maximum absolute atomic E-state index is 11.1. The van der Waals surface area contributed by atoms with Gasteiger partial charge in [-0.05, 0) is 25.1 Å². The smallest absolute Gasteiger partial charge is 0.156 e. The molecule has 0 unspecified atom stereocenters. The van der Waals surface area contributed by atoms with Gasteiger partial charge in [0, 0.05) is 5.69 Å². The number of nitrogens with zero attached hydrogens (tertiary/aromatic N) is 3. The maximum Gasteiger partial charge on any atom is 0.156 e. The molecule has 2 heterocycles. The number of halogens is 1. The van der Waals surface area contributed by atoms with Crippen LogP contribution in [0.1, 0.15) is 16.2 Å². The summed E-state index contributed by atoms with van der Waals surface area (Å²) in [5.41, 5.74) is 3.80. The quantitative estimate of drug-likeness (QED) is 0.591. The number of anilines is 2. The van der Waals surface area contributed by atoms with E-state index in [4.69, 9.17) is 11.6 Å². The Balaban J connectivity index is 2.03. The number of carbonyl (C=O) groups is 1. The molecule has 0 fully saturated rings. The van der Waals surface area contributed by atoms with Crippen LogP contribution >= 0.6 is 22.9 Å². The normalized spacial score (nSPS) is 10.7. The summed E-state index contributed by atoms with van der Waals surface area (Å²) in [4.78, 5) is 23.5. The summed E-state index contributed by atoms with van der Waals surface area (Å²) in [7, 11) is 0. The molecule has 3 aromatic rings. The van der Waals surface area contributed by atoms with Crippen LogP contribution in [0.5, 0.6) is 0 Å². The van der Waals surface area contributed by atoms with Crippen molar-refractivity contribution in [2.24, 2.45) is 0 Å². The van der Waals surface area contributed by atoms with E-state index >= 15 is 0 Å². The summed E-state index contributed by atoms with van der Waals surface area (Å²) in [5, 5.41) is 3.25. The van der Waals surface area contributed by atoms with E-state index in [1.165, 1.54) is 0 Å². The van der Waals surface area contributed by atoms with Gasteiger partial charge >= 0.3 is 0 Å². The minimum atomic E-state index is 0.147. The van der Waals surface area contributed by atoms with E-state index in [-0.39, 0.29) is 10.7 Å². The first-order chi connectivity index (χ1) is 9.67. The van der Waals surface area contributed by atoms with Crippen molar-refractivity contribution in [1.82, 2.24) is 15.0 Å². The number of fused-ring (bicyclic) bond motifs is 1. The highest BCUT2D eigenvalue weighted by Gasteiger charge is 2.11. The zero-order chi connectivity index (χ0) is 14.1. The monoisotopic (exact) mass is 304 g/mol. The van der Waals surface area contributed by atoms with Gasteiger partial charge in [0.2, 0.25) is 0 Å². The number of benzene rings is 1. The van der Waals surface area contributed by atoms with Crippen molar-refractivity contribution < 1.29 is 4.79 Å². The summed E-state index contributed by atoms with van der Waals surface area (Å²) in [6.45, 7) is 1.72. The molecule has 0 atom stereocenters. The van der Waals surface area contributed by atoms with Crippen molar-refractivity contribution >= 4 is 50.9 Å². The largest absolute Gasteiger partial charge is 0.339 e. The Kier molecular flexibility index (Phi) is 3.33. The second-order valence-corrected chi connectivity index (χ2v) is 5.35. The number of carbonyl (C=O) groups excluding carboxylic acids is 1. The van der Waals surface area contributed by atoms with Gasteiger partial charge < -0.3 is 5.32 Å². The summed E-state index contributed by atoms with van der Waals surface area (Å²) in [5.74, 6) is 0.906. The van der Waals surface area contributed by atoms with E-state index in [0.29, 0.717) is 17.9 Å². The average Bonchev–Trinajstić information content (AvgIpc) is 2.85. The van der Waals surface area contributed by atoms with E-state index in [2.05, 4.69) is 20.3 Å². The van der Waals surface area contributed by atoms with Gasteiger partial charge in [0.05, 0.1) is 21.3 Å². The summed E-state index contributed by atoms with van der Waals surface area (Å²) in [6, 6.07) is 5.74. The van der Waals surface area contributed by atoms with Crippen LogP contribution in [0, 0.1) is 6.92 Å². The maximum atomic E-state index is 11.1. The van der Waals surface area contributed by atoms with Crippen LogP contribution < -0.4 is 5.32 Å². The Labute approximate surface area is 123 Å². The van der Waals surface area contributed by atoms with Crippen LogP contribution in [-0.4, -0.2) is 21.2 Å². The van der Waals surface area contributed by atoms with E-state index < -0.39 is 0 Å². The van der Waals surface area contributed by atoms with Gasteiger partial charge in [-0.15, -0.1) is 11.3 Å². The molecule has 0 aliphatic carbocycles. The van der Waals surface area contributed by atoms with Gasteiger partial charge in [-0.2, -0.15) is 0 Å². The number of aryl methyl sites for hydroxylation is 1. The third-order valence-electron chi connectivity index (χ3n) is 2.72. The van der Waals surface area contributed by atoms with Gasteiger partial charge in [0.15, 0.2) is 6.29 Å². The number of hydrogen-bond acceptors (Lipinski definition) is 6. The van der Waals surface area contributed by atoms with Crippen molar-refractivity contribution in [3.05, 3.63) is 40.3 Å². The molecule has 7 heteroatoms. The predicted molar refractivity (Wildman–Crippen MR) is 80.1 cm³/mol. The van der Waals surface area contributed by atoms with E-state index in [1.54, 1.807) is 23.8 Å². The zero-order valence-electron chi connectivity index (χ0n) is 10.4. The molecule has 0 aliphatic heterocycles. The van der Waals surface area contributed by atoms with Gasteiger partial charge in [-0.1, -0.05) is 11.6 Å². The fourth-order valence-corrected chi connectivity index (χ4v) is 2.79. The molecular formula is C13H9ClN4OS. The zero-order valence-corrected chi connectivity index (χ0v) is 12.0. The second-order valence-electron chi connectivity index (χ2n) is 4.10. The van der Waals surface area contributed by atoms with Crippen LogP contribution in [0.2, 0.25) is 5.15 Å². The molecule has 3 rings (SSSR count). The molecule has 0 saturated heterocycles. The number of rotatable bonds is 3. The fourth-order valence-electron chi connectivity index (χ4n) is 1.82. The highest BCUT2D eigenvalue weighted by atomic mass is 35.5. The Bertz CT molecular complexity index is 802. The van der Waals surface area contributed by atoms with Crippen molar-refractivity contribution in [1.29, 1.82) is 0 Å². The third-order valence-corrected chi connectivity index (χ3v) is 3.80.